The van der Waals surface area contributed by atoms with Crippen LogP contribution in [-0.2, 0) is 0 Å². The maximum absolute atomic E-state index is 14.0. The molecule has 0 aliphatic heterocycles. The molecule has 1 atom stereocenters. The molecule has 0 saturated carbocycles. The molecule has 2 rings (SSSR count). The molecule has 1 unspecified atom stereocenters. The first kappa shape index (κ1) is 14.9. The first-order chi connectivity index (χ1) is 9.51. The van der Waals surface area contributed by atoms with Gasteiger partial charge in [-0.1, -0.05) is 17.8 Å². The Bertz CT molecular complexity index is 616. The molecule has 2 aromatic rings. The molecule has 0 aliphatic rings. The summed E-state index contributed by atoms with van der Waals surface area (Å²) in [5.74, 6) is -1.56. The van der Waals surface area contributed by atoms with E-state index < -0.39 is 17.5 Å². The predicted molar refractivity (Wildman–Crippen MR) is 74.4 cm³/mol. The van der Waals surface area contributed by atoms with E-state index in [1.165, 1.54) is 6.07 Å². The third-order valence-corrected chi connectivity index (χ3v) is 4.09. The van der Waals surface area contributed by atoms with Gasteiger partial charge in [-0.15, -0.1) is 0 Å². The van der Waals surface area contributed by atoms with E-state index in [4.69, 9.17) is 0 Å². The maximum Gasteiger partial charge on any atom is 0.137 e. The van der Waals surface area contributed by atoms with E-state index in [0.29, 0.717) is 0 Å². The summed E-state index contributed by atoms with van der Waals surface area (Å²) in [6, 6.07) is 7.90. The fourth-order valence-corrected chi connectivity index (χ4v) is 2.58. The van der Waals surface area contributed by atoms with Crippen LogP contribution in [0.25, 0.3) is 0 Å². The van der Waals surface area contributed by atoms with Gasteiger partial charge in [-0.25, -0.2) is 13.2 Å². The lowest BCUT2D eigenvalue weighted by Crippen LogP contribution is -2.12. The van der Waals surface area contributed by atoms with Crippen molar-refractivity contribution in [2.45, 2.75) is 22.8 Å². The van der Waals surface area contributed by atoms with E-state index in [2.05, 4.69) is 5.32 Å². The van der Waals surface area contributed by atoms with E-state index in [1.54, 1.807) is 19.2 Å². The third-order valence-electron chi connectivity index (χ3n) is 3.00. The monoisotopic (exact) mass is 297 g/mol. The number of rotatable bonds is 4. The van der Waals surface area contributed by atoms with Crippen molar-refractivity contribution in [3.63, 3.8) is 0 Å². The molecule has 1 N–H and O–H groups in total. The van der Waals surface area contributed by atoms with Crippen LogP contribution in [0.15, 0.2) is 46.2 Å². The molecule has 0 heterocycles. The topological polar surface area (TPSA) is 12.0 Å². The fraction of sp³-hybridized carbons (Fsp3) is 0.200. The Hall–Kier alpha value is -1.46. The summed E-state index contributed by atoms with van der Waals surface area (Å²) in [5.41, 5.74) is 0.800. The summed E-state index contributed by atoms with van der Waals surface area (Å²) in [6.07, 6.45) is 0. The van der Waals surface area contributed by atoms with E-state index >= 15 is 0 Å². The van der Waals surface area contributed by atoms with Gasteiger partial charge < -0.3 is 5.32 Å². The van der Waals surface area contributed by atoms with Crippen molar-refractivity contribution in [2.75, 3.05) is 7.05 Å². The first-order valence-electron chi connectivity index (χ1n) is 6.11. The normalized spacial score (nSPS) is 12.4. The van der Waals surface area contributed by atoms with Crippen LogP contribution in [-0.4, -0.2) is 7.05 Å². The second-order valence-electron chi connectivity index (χ2n) is 4.38. The molecule has 0 amide bonds. The molecule has 0 aromatic heterocycles. The minimum atomic E-state index is -0.566. The largest absolute Gasteiger partial charge is 0.313 e. The Labute approximate surface area is 120 Å². The molecule has 0 radical (unpaired) electrons. The standard InChI is InChI=1S/C15H14F3NS/c1-9(19-2)10-3-6-14(13(18)7-10)20-15-8-11(16)4-5-12(15)17/h3-9,19H,1-2H3. The summed E-state index contributed by atoms with van der Waals surface area (Å²) in [7, 11) is 1.79. The minimum absolute atomic E-state index is 0.0226. The van der Waals surface area contributed by atoms with Crippen molar-refractivity contribution < 1.29 is 13.2 Å². The van der Waals surface area contributed by atoms with Crippen molar-refractivity contribution >= 4 is 11.8 Å². The summed E-state index contributed by atoms with van der Waals surface area (Å²) >= 11 is 0.873. The summed E-state index contributed by atoms with van der Waals surface area (Å²) in [6.45, 7) is 1.91. The molecular weight excluding hydrogens is 283 g/mol. The smallest absolute Gasteiger partial charge is 0.137 e. The highest BCUT2D eigenvalue weighted by Gasteiger charge is 2.11. The van der Waals surface area contributed by atoms with Gasteiger partial charge in [-0.05, 0) is 49.9 Å². The van der Waals surface area contributed by atoms with E-state index in [1.807, 2.05) is 6.92 Å². The van der Waals surface area contributed by atoms with Crippen LogP contribution >= 0.6 is 11.8 Å². The van der Waals surface area contributed by atoms with Crippen LogP contribution in [0.3, 0.4) is 0 Å². The van der Waals surface area contributed by atoms with E-state index in [0.717, 1.165) is 35.5 Å². The quantitative estimate of drug-likeness (QED) is 0.889. The number of hydrogen-bond acceptors (Lipinski definition) is 2. The zero-order chi connectivity index (χ0) is 14.7. The van der Waals surface area contributed by atoms with Gasteiger partial charge in [0.25, 0.3) is 0 Å². The van der Waals surface area contributed by atoms with Gasteiger partial charge in [0.1, 0.15) is 17.5 Å². The first-order valence-corrected chi connectivity index (χ1v) is 6.92. The lowest BCUT2D eigenvalue weighted by atomic mass is 10.1. The summed E-state index contributed by atoms with van der Waals surface area (Å²) in [4.78, 5) is 0.333. The van der Waals surface area contributed by atoms with Crippen LogP contribution in [0.2, 0.25) is 0 Å². The zero-order valence-corrected chi connectivity index (χ0v) is 11.9. The molecule has 106 valence electrons. The molecule has 0 aliphatic carbocycles. The Morgan fingerprint density at radius 1 is 0.950 bits per heavy atom. The second-order valence-corrected chi connectivity index (χ2v) is 5.46. The van der Waals surface area contributed by atoms with Gasteiger partial charge in [0.05, 0.1) is 4.90 Å². The van der Waals surface area contributed by atoms with Crippen molar-refractivity contribution in [3.8, 4) is 0 Å². The number of benzene rings is 2. The molecule has 0 spiro atoms. The van der Waals surface area contributed by atoms with Crippen LogP contribution in [0.5, 0.6) is 0 Å². The van der Waals surface area contributed by atoms with Crippen molar-refractivity contribution in [1.82, 2.24) is 5.32 Å². The average molecular weight is 297 g/mol. The Kier molecular flexibility index (Phi) is 4.73. The van der Waals surface area contributed by atoms with Gasteiger partial charge in [0.2, 0.25) is 0 Å². The Balaban J connectivity index is 2.28. The maximum atomic E-state index is 14.0. The van der Waals surface area contributed by atoms with Crippen LogP contribution in [0, 0.1) is 17.5 Å². The number of halogens is 3. The van der Waals surface area contributed by atoms with Gasteiger partial charge >= 0.3 is 0 Å². The Morgan fingerprint density at radius 3 is 2.35 bits per heavy atom. The highest BCUT2D eigenvalue weighted by atomic mass is 32.2. The highest BCUT2D eigenvalue weighted by molar-refractivity contribution is 7.99. The minimum Gasteiger partial charge on any atom is -0.313 e. The van der Waals surface area contributed by atoms with E-state index in [9.17, 15) is 13.2 Å². The van der Waals surface area contributed by atoms with Crippen LogP contribution in [0.1, 0.15) is 18.5 Å². The zero-order valence-electron chi connectivity index (χ0n) is 11.1. The second kappa shape index (κ2) is 6.33. The predicted octanol–water partition coefficient (Wildman–Crippen LogP) is 4.54. The fourth-order valence-electron chi connectivity index (χ4n) is 1.71. The number of hydrogen-bond donors (Lipinski definition) is 1. The molecule has 0 fully saturated rings. The third kappa shape index (κ3) is 3.35. The molecular formula is C15H14F3NS. The van der Waals surface area contributed by atoms with Gasteiger partial charge in [-0.2, -0.15) is 0 Å². The molecule has 2 aromatic carbocycles. The molecule has 1 nitrogen and oxygen atoms in total. The van der Waals surface area contributed by atoms with Gasteiger partial charge in [0, 0.05) is 10.9 Å². The van der Waals surface area contributed by atoms with Crippen LogP contribution in [0.4, 0.5) is 13.2 Å². The molecule has 0 bridgehead atoms. The summed E-state index contributed by atoms with van der Waals surface area (Å²) in [5, 5.41) is 3.01. The lowest BCUT2D eigenvalue weighted by molar-refractivity contribution is 0.574. The van der Waals surface area contributed by atoms with Crippen molar-refractivity contribution in [2.24, 2.45) is 0 Å². The SMILES string of the molecule is CNC(C)c1ccc(Sc2cc(F)ccc2F)c(F)c1. The Morgan fingerprint density at radius 2 is 1.70 bits per heavy atom. The van der Waals surface area contributed by atoms with E-state index in [-0.39, 0.29) is 15.8 Å². The molecule has 5 heteroatoms. The lowest BCUT2D eigenvalue weighted by Gasteiger charge is -2.12. The van der Waals surface area contributed by atoms with Crippen LogP contribution < -0.4 is 5.32 Å². The summed E-state index contributed by atoms with van der Waals surface area (Å²) < 4.78 is 40.6. The average Bonchev–Trinajstić information content (AvgIpc) is 2.44. The molecule has 20 heavy (non-hydrogen) atoms. The number of nitrogens with one attached hydrogen (secondary N) is 1. The van der Waals surface area contributed by atoms with Gasteiger partial charge in [-0.3, -0.25) is 0 Å². The molecule has 0 saturated heterocycles. The van der Waals surface area contributed by atoms with Crippen molar-refractivity contribution in [3.05, 3.63) is 59.4 Å². The van der Waals surface area contributed by atoms with Gasteiger partial charge in [0.15, 0.2) is 0 Å². The van der Waals surface area contributed by atoms with Crippen molar-refractivity contribution in [1.29, 1.82) is 0 Å². The highest BCUT2D eigenvalue weighted by Crippen LogP contribution is 2.33.